The molecule has 3 N–H and O–H groups in total. The summed E-state index contributed by atoms with van der Waals surface area (Å²) < 4.78 is 5.46. The first kappa shape index (κ1) is 67.8. The molecule has 0 heterocycles. The molecule has 0 aliphatic carbocycles. The number of esters is 1. The minimum Gasteiger partial charge on any atom is -0.466 e. The number of unbranched alkanes of at least 4 members (excludes halogenated alkanes) is 40. The van der Waals surface area contributed by atoms with Crippen molar-refractivity contribution < 1.29 is 24.5 Å². The van der Waals surface area contributed by atoms with Crippen LogP contribution in [0.2, 0.25) is 0 Å². The molecule has 6 heteroatoms. The van der Waals surface area contributed by atoms with Crippen LogP contribution < -0.4 is 5.32 Å². The second kappa shape index (κ2) is 59.4. The summed E-state index contributed by atoms with van der Waals surface area (Å²) in [5.74, 6) is -0.0885. The van der Waals surface area contributed by atoms with Gasteiger partial charge in [0.1, 0.15) is 0 Å². The summed E-state index contributed by atoms with van der Waals surface area (Å²) in [7, 11) is 0. The molecular weight excluding hydrogens is 863 g/mol. The molecule has 0 saturated heterocycles. The van der Waals surface area contributed by atoms with Crippen LogP contribution in [0.1, 0.15) is 322 Å². The summed E-state index contributed by atoms with van der Waals surface area (Å²) >= 11 is 0. The zero-order valence-electron chi connectivity index (χ0n) is 46.7. The van der Waals surface area contributed by atoms with Gasteiger partial charge in [0, 0.05) is 12.8 Å². The molecular formula is C64H119NO5. The van der Waals surface area contributed by atoms with Crippen LogP contribution in [0.5, 0.6) is 0 Å². The number of ether oxygens (including phenoxy) is 1. The van der Waals surface area contributed by atoms with Crippen LogP contribution in [-0.2, 0) is 14.3 Å². The second-order valence-corrected chi connectivity index (χ2v) is 21.0. The number of hydrogen-bond acceptors (Lipinski definition) is 5. The lowest BCUT2D eigenvalue weighted by Gasteiger charge is -2.20. The fraction of sp³-hybridized carbons (Fsp3) is 0.844. The molecule has 70 heavy (non-hydrogen) atoms. The van der Waals surface area contributed by atoms with Crippen LogP contribution in [0.25, 0.3) is 0 Å². The lowest BCUT2D eigenvalue weighted by molar-refractivity contribution is -0.143. The van der Waals surface area contributed by atoms with E-state index >= 15 is 0 Å². The van der Waals surface area contributed by atoms with Gasteiger partial charge in [0.2, 0.25) is 5.91 Å². The highest BCUT2D eigenvalue weighted by atomic mass is 16.5. The van der Waals surface area contributed by atoms with Gasteiger partial charge in [0.15, 0.2) is 0 Å². The zero-order valence-corrected chi connectivity index (χ0v) is 46.7. The molecule has 2 unspecified atom stereocenters. The molecule has 0 aromatic heterocycles. The van der Waals surface area contributed by atoms with Gasteiger partial charge in [0.25, 0.3) is 0 Å². The predicted molar refractivity (Wildman–Crippen MR) is 306 cm³/mol. The summed E-state index contributed by atoms with van der Waals surface area (Å²) in [5.41, 5.74) is 0. The van der Waals surface area contributed by atoms with E-state index in [-0.39, 0.29) is 18.5 Å². The Hall–Kier alpha value is -2.18. The van der Waals surface area contributed by atoms with E-state index < -0.39 is 12.1 Å². The molecule has 1 amide bonds. The average Bonchev–Trinajstić information content (AvgIpc) is 3.36. The molecule has 0 radical (unpaired) electrons. The van der Waals surface area contributed by atoms with Crippen LogP contribution in [-0.4, -0.2) is 47.4 Å². The maximum absolute atomic E-state index is 12.5. The van der Waals surface area contributed by atoms with Gasteiger partial charge >= 0.3 is 5.97 Å². The van der Waals surface area contributed by atoms with E-state index in [2.05, 4.69) is 55.6 Å². The topological polar surface area (TPSA) is 95.9 Å². The Morgan fingerprint density at radius 3 is 1.16 bits per heavy atom. The molecule has 0 aromatic carbocycles. The van der Waals surface area contributed by atoms with Crippen LogP contribution >= 0.6 is 0 Å². The summed E-state index contributed by atoms with van der Waals surface area (Å²) in [6.45, 7) is 4.83. The quantitative estimate of drug-likeness (QED) is 0.0321. The largest absolute Gasteiger partial charge is 0.466 e. The minimum absolute atomic E-state index is 0.0124. The maximum Gasteiger partial charge on any atom is 0.305 e. The number of nitrogens with one attached hydrogen (secondary N) is 1. The molecule has 0 aromatic rings. The van der Waals surface area contributed by atoms with E-state index in [0.717, 1.165) is 64.2 Å². The summed E-state index contributed by atoms with van der Waals surface area (Å²) in [6.07, 6.45) is 75.7. The van der Waals surface area contributed by atoms with Gasteiger partial charge < -0.3 is 20.3 Å². The number of hydrogen-bond donors (Lipinski definition) is 3. The van der Waals surface area contributed by atoms with Crippen LogP contribution in [0, 0.1) is 0 Å². The van der Waals surface area contributed by atoms with Crippen molar-refractivity contribution in [3.8, 4) is 0 Å². The number of carbonyl (C=O) groups is 2. The standard InChI is InChI=1S/C64H119NO5/c1-3-5-7-9-11-13-15-17-18-19-20-21-23-26-29-33-36-40-44-48-52-56-62(67)61(60-66)65-63(68)57-53-49-45-41-37-34-30-27-24-22-25-28-31-35-39-43-47-51-55-59-70-64(69)58-54-50-46-42-38-32-16-14-12-10-8-6-4-2/h8,10,14,16,22,24,52,56,61-62,66-67H,3-7,9,11-13,15,17-21,23,25-51,53-55,57-60H2,1-2H3,(H,65,68)/b10-8-,16-14-,24-22-,56-52+. The fourth-order valence-electron chi connectivity index (χ4n) is 9.31. The molecule has 2 atom stereocenters. The Balaban J connectivity index is 3.49. The van der Waals surface area contributed by atoms with Gasteiger partial charge in [-0.3, -0.25) is 9.59 Å². The number of aliphatic hydroxyl groups excluding tert-OH is 2. The van der Waals surface area contributed by atoms with E-state index in [9.17, 15) is 19.8 Å². The van der Waals surface area contributed by atoms with Gasteiger partial charge in [0.05, 0.1) is 25.4 Å². The molecule has 0 fully saturated rings. The second-order valence-electron chi connectivity index (χ2n) is 21.0. The molecule has 0 bridgehead atoms. The first-order valence-corrected chi connectivity index (χ1v) is 30.9. The van der Waals surface area contributed by atoms with E-state index in [1.165, 1.54) is 231 Å². The molecule has 0 spiro atoms. The Morgan fingerprint density at radius 1 is 0.400 bits per heavy atom. The number of aliphatic hydroxyl groups is 2. The highest BCUT2D eigenvalue weighted by Crippen LogP contribution is 2.17. The highest BCUT2D eigenvalue weighted by Gasteiger charge is 2.18. The van der Waals surface area contributed by atoms with E-state index in [1.807, 2.05) is 6.08 Å². The van der Waals surface area contributed by atoms with Crippen LogP contribution in [0.3, 0.4) is 0 Å². The monoisotopic (exact) mass is 982 g/mol. The van der Waals surface area contributed by atoms with E-state index in [0.29, 0.717) is 19.4 Å². The number of allylic oxidation sites excluding steroid dienone is 7. The Labute approximate surface area is 436 Å². The van der Waals surface area contributed by atoms with Crippen molar-refractivity contribution in [2.24, 2.45) is 0 Å². The number of carbonyl (C=O) groups excluding carboxylic acids is 2. The van der Waals surface area contributed by atoms with Gasteiger partial charge in [-0.2, -0.15) is 0 Å². The van der Waals surface area contributed by atoms with Crippen LogP contribution in [0.4, 0.5) is 0 Å². The van der Waals surface area contributed by atoms with E-state index in [4.69, 9.17) is 4.74 Å². The third-order valence-corrected chi connectivity index (χ3v) is 14.0. The van der Waals surface area contributed by atoms with Gasteiger partial charge in [-0.25, -0.2) is 0 Å². The van der Waals surface area contributed by atoms with Crippen molar-refractivity contribution in [2.45, 2.75) is 334 Å². The lowest BCUT2D eigenvalue weighted by Crippen LogP contribution is -2.45. The van der Waals surface area contributed by atoms with Gasteiger partial charge in [-0.05, 0) is 83.5 Å². The molecule has 410 valence electrons. The van der Waals surface area contributed by atoms with Crippen molar-refractivity contribution in [3.63, 3.8) is 0 Å². The molecule has 0 saturated carbocycles. The minimum atomic E-state index is -0.853. The van der Waals surface area contributed by atoms with E-state index in [1.54, 1.807) is 6.08 Å². The van der Waals surface area contributed by atoms with Crippen LogP contribution in [0.15, 0.2) is 48.6 Å². The Kier molecular flexibility index (Phi) is 57.5. The maximum atomic E-state index is 12.5. The fourth-order valence-corrected chi connectivity index (χ4v) is 9.31. The van der Waals surface area contributed by atoms with Crippen molar-refractivity contribution in [2.75, 3.05) is 13.2 Å². The SMILES string of the molecule is CCC/C=C\C/C=C\CCCCCCCC(=O)OCCCCCCCCCC/C=C\CCCCCCCCCC(=O)NC(CO)C(O)/C=C/CCCCCCCCCCCCCCCCCCCCC. The third kappa shape index (κ3) is 55.1. The lowest BCUT2D eigenvalue weighted by atomic mass is 10.0. The highest BCUT2D eigenvalue weighted by molar-refractivity contribution is 5.76. The first-order valence-electron chi connectivity index (χ1n) is 30.9. The molecule has 0 aliphatic rings. The average molecular weight is 983 g/mol. The van der Waals surface area contributed by atoms with Crippen molar-refractivity contribution in [3.05, 3.63) is 48.6 Å². The summed E-state index contributed by atoms with van der Waals surface area (Å²) in [6, 6.07) is -0.637. The van der Waals surface area contributed by atoms with Crippen molar-refractivity contribution in [1.29, 1.82) is 0 Å². The zero-order chi connectivity index (χ0) is 50.7. The van der Waals surface area contributed by atoms with Crippen molar-refractivity contribution in [1.82, 2.24) is 5.32 Å². The molecule has 0 aliphatic heterocycles. The Morgan fingerprint density at radius 2 is 0.743 bits per heavy atom. The van der Waals surface area contributed by atoms with Gasteiger partial charge in [-0.1, -0.05) is 274 Å². The summed E-state index contributed by atoms with van der Waals surface area (Å²) in [4.78, 5) is 24.5. The molecule has 6 nitrogen and oxygen atoms in total. The first-order chi connectivity index (χ1) is 34.5. The number of rotatable bonds is 57. The number of amides is 1. The molecule has 0 rings (SSSR count). The Bertz CT molecular complexity index is 1180. The van der Waals surface area contributed by atoms with Crippen molar-refractivity contribution >= 4 is 11.9 Å². The smallest absolute Gasteiger partial charge is 0.305 e. The normalized spacial score (nSPS) is 12.9. The summed E-state index contributed by atoms with van der Waals surface area (Å²) in [5, 5.41) is 23.2. The third-order valence-electron chi connectivity index (χ3n) is 14.0. The van der Waals surface area contributed by atoms with Gasteiger partial charge in [-0.15, -0.1) is 0 Å². The predicted octanol–water partition coefficient (Wildman–Crippen LogP) is 19.4.